The van der Waals surface area contributed by atoms with Crippen LogP contribution >= 0.6 is 0 Å². The fourth-order valence-corrected chi connectivity index (χ4v) is 3.54. The normalized spacial score (nSPS) is 12.6. The molecule has 5 nitrogen and oxygen atoms in total. The van der Waals surface area contributed by atoms with Crippen molar-refractivity contribution in [3.63, 3.8) is 0 Å². The minimum absolute atomic E-state index is 0.162. The molecule has 1 aromatic heterocycles. The summed E-state index contributed by atoms with van der Waals surface area (Å²) in [5.74, 6) is 0.202. The number of nitrogens with one attached hydrogen (secondary N) is 1. The van der Waals surface area contributed by atoms with E-state index < -0.39 is 15.6 Å². The third kappa shape index (κ3) is 3.20. The van der Waals surface area contributed by atoms with Crippen molar-refractivity contribution in [2.24, 2.45) is 0 Å². The maximum absolute atomic E-state index is 12.3. The van der Waals surface area contributed by atoms with Gasteiger partial charge >= 0.3 is 0 Å². The van der Waals surface area contributed by atoms with E-state index in [-0.39, 0.29) is 10.7 Å². The summed E-state index contributed by atoms with van der Waals surface area (Å²) >= 11 is 0. The van der Waals surface area contributed by atoms with Gasteiger partial charge in [-0.1, -0.05) is 20.8 Å². The molecule has 0 saturated heterocycles. The SMILES string of the molecule is CCC(CC)(CC)NS(=O)(=O)c1ccnc(N)c1. The van der Waals surface area contributed by atoms with Gasteiger partial charge in [0.05, 0.1) is 4.90 Å². The first kappa shape index (κ1) is 14.9. The number of rotatable bonds is 6. The van der Waals surface area contributed by atoms with Gasteiger partial charge in [-0.2, -0.15) is 0 Å². The largest absolute Gasteiger partial charge is 0.384 e. The summed E-state index contributed by atoms with van der Waals surface area (Å²) in [6.07, 6.45) is 3.65. The van der Waals surface area contributed by atoms with Crippen molar-refractivity contribution in [2.75, 3.05) is 5.73 Å². The molecule has 0 atom stereocenters. The van der Waals surface area contributed by atoms with E-state index in [1.807, 2.05) is 20.8 Å². The maximum atomic E-state index is 12.3. The second kappa shape index (κ2) is 5.67. The van der Waals surface area contributed by atoms with Gasteiger partial charge in [0.2, 0.25) is 10.0 Å². The molecule has 18 heavy (non-hydrogen) atoms. The first-order valence-corrected chi connectivity index (χ1v) is 7.63. The Balaban J connectivity index is 3.08. The second-order valence-corrected chi connectivity index (χ2v) is 6.05. The van der Waals surface area contributed by atoms with Gasteiger partial charge in [-0.25, -0.2) is 18.1 Å². The van der Waals surface area contributed by atoms with Crippen molar-refractivity contribution in [1.82, 2.24) is 9.71 Å². The van der Waals surface area contributed by atoms with Gasteiger partial charge in [-0.05, 0) is 25.3 Å². The van der Waals surface area contributed by atoms with E-state index in [9.17, 15) is 8.42 Å². The van der Waals surface area contributed by atoms with Crippen LogP contribution in [0.15, 0.2) is 23.2 Å². The lowest BCUT2D eigenvalue weighted by molar-refractivity contribution is 0.341. The summed E-state index contributed by atoms with van der Waals surface area (Å²) in [7, 11) is -3.55. The van der Waals surface area contributed by atoms with E-state index in [0.717, 1.165) is 19.3 Å². The van der Waals surface area contributed by atoms with Crippen LogP contribution in [0.5, 0.6) is 0 Å². The highest BCUT2D eigenvalue weighted by Gasteiger charge is 2.30. The predicted molar refractivity (Wildman–Crippen MR) is 72.6 cm³/mol. The molecule has 3 N–H and O–H groups in total. The van der Waals surface area contributed by atoms with Crippen LogP contribution in [0.3, 0.4) is 0 Å². The van der Waals surface area contributed by atoms with Crippen LogP contribution in [0, 0.1) is 0 Å². The molecule has 0 aliphatic rings. The van der Waals surface area contributed by atoms with Gasteiger partial charge in [0, 0.05) is 17.8 Å². The number of aromatic nitrogens is 1. The fourth-order valence-electron chi connectivity index (χ4n) is 1.91. The molecule has 0 aliphatic heterocycles. The lowest BCUT2D eigenvalue weighted by Crippen LogP contribution is -2.46. The van der Waals surface area contributed by atoms with Crippen LogP contribution in [-0.2, 0) is 10.0 Å². The third-order valence-electron chi connectivity index (χ3n) is 3.44. The molecule has 6 heteroatoms. The van der Waals surface area contributed by atoms with Gasteiger partial charge in [0.1, 0.15) is 5.82 Å². The summed E-state index contributed by atoms with van der Waals surface area (Å²) < 4.78 is 27.4. The maximum Gasteiger partial charge on any atom is 0.241 e. The van der Waals surface area contributed by atoms with Crippen molar-refractivity contribution in [3.05, 3.63) is 18.3 Å². The molecular formula is C12H21N3O2S. The number of anilines is 1. The average Bonchev–Trinajstić information content (AvgIpc) is 2.36. The summed E-state index contributed by atoms with van der Waals surface area (Å²) in [6, 6.07) is 2.82. The molecule has 102 valence electrons. The van der Waals surface area contributed by atoms with Crippen LogP contribution in [0.4, 0.5) is 5.82 Å². The zero-order chi connectivity index (χ0) is 13.8. The highest BCUT2D eigenvalue weighted by Crippen LogP contribution is 2.23. The molecule has 0 amide bonds. The molecule has 0 unspecified atom stereocenters. The van der Waals surface area contributed by atoms with E-state index in [0.29, 0.717) is 0 Å². The molecule has 1 heterocycles. The van der Waals surface area contributed by atoms with E-state index >= 15 is 0 Å². The van der Waals surface area contributed by atoms with Gasteiger partial charge in [-0.3, -0.25) is 0 Å². The van der Waals surface area contributed by atoms with Crippen LogP contribution in [0.2, 0.25) is 0 Å². The monoisotopic (exact) mass is 271 g/mol. The highest BCUT2D eigenvalue weighted by atomic mass is 32.2. The smallest absolute Gasteiger partial charge is 0.241 e. The summed E-state index contributed by atoms with van der Waals surface area (Å²) in [6.45, 7) is 5.95. The molecule has 0 aromatic carbocycles. The molecule has 0 saturated carbocycles. The molecule has 0 fully saturated rings. The first-order chi connectivity index (χ1) is 8.39. The Hall–Kier alpha value is -1.14. The Morgan fingerprint density at radius 2 is 1.83 bits per heavy atom. The Morgan fingerprint density at radius 1 is 1.28 bits per heavy atom. The number of nitrogens with two attached hydrogens (primary N) is 1. The Morgan fingerprint density at radius 3 is 2.28 bits per heavy atom. The second-order valence-electron chi connectivity index (χ2n) is 4.36. The summed E-state index contributed by atoms with van der Waals surface area (Å²) in [5.41, 5.74) is 5.12. The lowest BCUT2D eigenvalue weighted by Gasteiger charge is -2.31. The third-order valence-corrected chi connectivity index (χ3v) is 5.02. The molecule has 0 radical (unpaired) electrons. The van der Waals surface area contributed by atoms with E-state index in [1.165, 1.54) is 18.3 Å². The zero-order valence-corrected chi connectivity index (χ0v) is 11.9. The summed E-state index contributed by atoms with van der Waals surface area (Å²) in [5, 5.41) is 0. The molecular weight excluding hydrogens is 250 g/mol. The van der Waals surface area contributed by atoms with E-state index in [2.05, 4.69) is 9.71 Å². The van der Waals surface area contributed by atoms with Gasteiger partial charge in [-0.15, -0.1) is 0 Å². The van der Waals surface area contributed by atoms with Crippen molar-refractivity contribution in [1.29, 1.82) is 0 Å². The van der Waals surface area contributed by atoms with E-state index in [1.54, 1.807) is 0 Å². The number of sulfonamides is 1. The standard InChI is InChI=1S/C12H21N3O2S/c1-4-12(5-2,6-3)15-18(16,17)10-7-8-14-11(13)9-10/h7-9,15H,4-6H2,1-3H3,(H2,13,14). The lowest BCUT2D eigenvalue weighted by atomic mass is 9.91. The quantitative estimate of drug-likeness (QED) is 0.827. The van der Waals surface area contributed by atoms with Gasteiger partial charge in [0.15, 0.2) is 0 Å². The Bertz CT molecular complexity index is 488. The highest BCUT2D eigenvalue weighted by molar-refractivity contribution is 7.89. The number of hydrogen-bond donors (Lipinski definition) is 2. The predicted octanol–water partition coefficient (Wildman–Crippen LogP) is 1.91. The van der Waals surface area contributed by atoms with Gasteiger partial charge in [0.25, 0.3) is 0 Å². The first-order valence-electron chi connectivity index (χ1n) is 6.14. The molecule has 0 spiro atoms. The zero-order valence-electron chi connectivity index (χ0n) is 11.1. The van der Waals surface area contributed by atoms with Gasteiger partial charge < -0.3 is 5.73 Å². The Kier molecular flexibility index (Phi) is 4.70. The van der Waals surface area contributed by atoms with Crippen LogP contribution in [0.25, 0.3) is 0 Å². The van der Waals surface area contributed by atoms with E-state index in [4.69, 9.17) is 5.73 Å². The Labute approximate surface area is 109 Å². The molecule has 1 aromatic rings. The fraction of sp³-hybridized carbons (Fsp3) is 0.583. The minimum atomic E-state index is -3.55. The average molecular weight is 271 g/mol. The summed E-state index contributed by atoms with van der Waals surface area (Å²) in [4.78, 5) is 3.96. The molecule has 1 rings (SSSR count). The van der Waals surface area contributed by atoms with Crippen molar-refractivity contribution in [3.8, 4) is 0 Å². The van der Waals surface area contributed by atoms with Crippen LogP contribution in [0.1, 0.15) is 40.0 Å². The molecule has 0 bridgehead atoms. The van der Waals surface area contributed by atoms with Crippen LogP contribution in [-0.4, -0.2) is 18.9 Å². The van der Waals surface area contributed by atoms with Crippen LogP contribution < -0.4 is 10.5 Å². The molecule has 0 aliphatic carbocycles. The number of hydrogen-bond acceptors (Lipinski definition) is 4. The number of pyridine rings is 1. The van der Waals surface area contributed by atoms with Crippen molar-refractivity contribution >= 4 is 15.8 Å². The minimum Gasteiger partial charge on any atom is -0.384 e. The van der Waals surface area contributed by atoms with Crippen molar-refractivity contribution < 1.29 is 8.42 Å². The number of nitrogens with zero attached hydrogens (tertiary/aromatic N) is 1. The topological polar surface area (TPSA) is 85.1 Å². The van der Waals surface area contributed by atoms with Crippen molar-refractivity contribution in [2.45, 2.75) is 50.5 Å². The number of nitrogen functional groups attached to an aromatic ring is 1.